The lowest BCUT2D eigenvalue weighted by Gasteiger charge is -2.22. The minimum absolute atomic E-state index is 0.00368. The highest BCUT2D eigenvalue weighted by molar-refractivity contribution is 5.95. The largest absolute Gasteiger partial charge is 0.493 e. The van der Waals surface area contributed by atoms with E-state index < -0.39 is 24.1 Å². The molecule has 2 atom stereocenters. The van der Waals surface area contributed by atoms with Gasteiger partial charge >= 0.3 is 11.9 Å². The maximum atomic E-state index is 12.1. The van der Waals surface area contributed by atoms with Gasteiger partial charge in [0.15, 0.2) is 23.7 Å². The van der Waals surface area contributed by atoms with Crippen LogP contribution in [0.3, 0.4) is 0 Å². The van der Waals surface area contributed by atoms with Gasteiger partial charge in [-0.25, -0.2) is 9.59 Å². The van der Waals surface area contributed by atoms with Crippen molar-refractivity contribution >= 4 is 22.7 Å². The summed E-state index contributed by atoms with van der Waals surface area (Å²) >= 11 is 0. The number of carbonyl (C=O) groups excluding carboxylic acids is 2. The van der Waals surface area contributed by atoms with E-state index in [-0.39, 0.29) is 37.6 Å². The summed E-state index contributed by atoms with van der Waals surface area (Å²) in [5, 5.41) is 1.43. The van der Waals surface area contributed by atoms with E-state index in [1.807, 2.05) is 24.3 Å². The second-order valence-corrected chi connectivity index (χ2v) is 8.84. The number of fused-ring (bicyclic) bond motifs is 1. The van der Waals surface area contributed by atoms with E-state index in [9.17, 15) is 9.59 Å². The topological polar surface area (TPSA) is 98.8 Å². The smallest absolute Gasteiger partial charge is 0.333 e. The fourth-order valence-corrected chi connectivity index (χ4v) is 3.37. The van der Waals surface area contributed by atoms with E-state index in [0.29, 0.717) is 35.8 Å². The molecule has 0 aliphatic rings. The minimum Gasteiger partial charge on any atom is -0.493 e. The Morgan fingerprint density at radius 2 is 1.27 bits per heavy atom. The van der Waals surface area contributed by atoms with Crippen LogP contribution in [0, 0.1) is 0 Å². The maximum Gasteiger partial charge on any atom is 0.333 e. The van der Waals surface area contributed by atoms with Crippen LogP contribution in [0.25, 0.3) is 10.8 Å². The molecule has 9 nitrogen and oxygen atoms in total. The highest BCUT2D eigenvalue weighted by Gasteiger charge is 2.22. The monoisotopic (exact) mass is 554 g/mol. The van der Waals surface area contributed by atoms with Gasteiger partial charge in [0, 0.05) is 28.0 Å². The normalized spacial score (nSPS) is 12.1. The molecule has 0 aliphatic carbocycles. The summed E-state index contributed by atoms with van der Waals surface area (Å²) in [5.41, 5.74) is 0.532. The molecular formula is C31H38O9. The summed E-state index contributed by atoms with van der Waals surface area (Å²) < 4.78 is 39.8. The van der Waals surface area contributed by atoms with Crippen LogP contribution in [0.5, 0.6) is 17.2 Å². The lowest BCUT2D eigenvalue weighted by molar-refractivity contribution is -0.149. The number of esters is 2. The Hall–Kier alpha value is -4.08. The molecule has 0 fully saturated rings. The molecule has 0 aromatic heterocycles. The minimum atomic E-state index is -0.706. The van der Waals surface area contributed by atoms with Crippen LogP contribution >= 0.6 is 0 Å². The van der Waals surface area contributed by atoms with Gasteiger partial charge in [0.1, 0.15) is 19.0 Å². The lowest BCUT2D eigenvalue weighted by atomic mass is 10.1. The van der Waals surface area contributed by atoms with Gasteiger partial charge in [-0.3, -0.25) is 0 Å². The zero-order chi connectivity index (χ0) is 29.5. The third kappa shape index (κ3) is 9.91. The van der Waals surface area contributed by atoms with Crippen molar-refractivity contribution in [3.63, 3.8) is 0 Å². The van der Waals surface area contributed by atoms with Crippen LogP contribution in [-0.2, 0) is 28.5 Å². The Labute approximate surface area is 235 Å². The molecule has 0 saturated heterocycles. The second-order valence-electron chi connectivity index (χ2n) is 8.84. The standard InChI is InChI=1S/C31H38O9/c1-8-14-35-17-23(39-30(32)21(3)4)19-37-27-16-28(34-7)29(26-13-11-10-12-25(26)27)38-20-24(18-36-15-9-2)40-31(33)22(5)6/h8-13,16,23-24H,1-3,5,14-15,17-20H2,4,6-7H3. The first-order chi connectivity index (χ1) is 19.2. The summed E-state index contributed by atoms with van der Waals surface area (Å²) in [4.78, 5) is 24.3. The summed E-state index contributed by atoms with van der Waals surface area (Å²) in [6, 6.07) is 9.12. The molecule has 0 aliphatic heterocycles. The van der Waals surface area contributed by atoms with Crippen LogP contribution < -0.4 is 14.2 Å². The van der Waals surface area contributed by atoms with Gasteiger partial charge in [0.05, 0.1) is 33.5 Å². The van der Waals surface area contributed by atoms with Crippen LogP contribution in [0.2, 0.25) is 0 Å². The molecule has 0 N–H and O–H groups in total. The van der Waals surface area contributed by atoms with Gasteiger partial charge in [0.25, 0.3) is 0 Å². The molecular weight excluding hydrogens is 516 g/mol. The van der Waals surface area contributed by atoms with Gasteiger partial charge in [-0.1, -0.05) is 49.6 Å². The number of hydrogen-bond acceptors (Lipinski definition) is 9. The van der Waals surface area contributed by atoms with Crippen LogP contribution in [0.1, 0.15) is 13.8 Å². The van der Waals surface area contributed by atoms with Gasteiger partial charge in [-0.05, 0) is 13.8 Å². The fourth-order valence-electron chi connectivity index (χ4n) is 3.37. The van der Waals surface area contributed by atoms with E-state index in [2.05, 4.69) is 26.3 Å². The molecule has 2 rings (SSSR count). The lowest BCUT2D eigenvalue weighted by Crippen LogP contribution is -2.30. The van der Waals surface area contributed by atoms with Crippen LogP contribution in [-0.4, -0.2) is 70.9 Å². The third-order valence-corrected chi connectivity index (χ3v) is 5.30. The van der Waals surface area contributed by atoms with Crippen molar-refractivity contribution in [2.24, 2.45) is 0 Å². The average Bonchev–Trinajstić information content (AvgIpc) is 2.94. The van der Waals surface area contributed by atoms with Crippen LogP contribution in [0.4, 0.5) is 0 Å². The molecule has 0 radical (unpaired) electrons. The van der Waals surface area contributed by atoms with Crippen molar-refractivity contribution in [2.75, 3.05) is 46.8 Å². The van der Waals surface area contributed by atoms with Crippen LogP contribution in [0.15, 0.2) is 79.9 Å². The predicted octanol–water partition coefficient (Wildman–Crippen LogP) is 4.99. The van der Waals surface area contributed by atoms with Gasteiger partial charge in [0.2, 0.25) is 0 Å². The zero-order valence-electron chi connectivity index (χ0n) is 23.4. The third-order valence-electron chi connectivity index (χ3n) is 5.30. The molecule has 0 heterocycles. The zero-order valence-corrected chi connectivity index (χ0v) is 23.4. The summed E-state index contributed by atoms with van der Waals surface area (Å²) in [7, 11) is 1.51. The SMILES string of the molecule is C=CCOCC(COc1cc(OC)c(OCC(COCC=C)OC(=O)C(=C)C)c2ccccc12)OC(=O)C(=C)C. The number of rotatable bonds is 19. The Balaban J connectivity index is 2.31. The summed E-state index contributed by atoms with van der Waals surface area (Å²) in [6.07, 6.45) is 1.81. The first-order valence-corrected chi connectivity index (χ1v) is 12.7. The Kier molecular flexibility index (Phi) is 13.5. The van der Waals surface area contributed by atoms with Gasteiger partial charge in [-0.15, -0.1) is 13.2 Å². The van der Waals surface area contributed by atoms with Gasteiger partial charge < -0.3 is 33.2 Å². The van der Waals surface area contributed by atoms with Gasteiger partial charge in [-0.2, -0.15) is 0 Å². The Bertz CT molecular complexity index is 1200. The fraction of sp³-hybridized carbons (Fsp3) is 0.355. The molecule has 0 bridgehead atoms. The van der Waals surface area contributed by atoms with Crippen molar-refractivity contribution in [1.82, 2.24) is 0 Å². The molecule has 0 saturated carbocycles. The Morgan fingerprint density at radius 1 is 0.775 bits per heavy atom. The maximum absolute atomic E-state index is 12.1. The number of benzene rings is 2. The number of methoxy groups -OCH3 is 1. The summed E-state index contributed by atoms with van der Waals surface area (Å²) in [6.45, 7) is 18.4. The predicted molar refractivity (Wildman–Crippen MR) is 153 cm³/mol. The number of ether oxygens (including phenoxy) is 7. The quantitative estimate of drug-likeness (QED) is 0.103. The van der Waals surface area contributed by atoms with Crippen molar-refractivity contribution in [3.8, 4) is 17.2 Å². The molecule has 2 unspecified atom stereocenters. The van der Waals surface area contributed by atoms with E-state index in [0.717, 1.165) is 5.39 Å². The Morgan fingerprint density at radius 3 is 1.75 bits per heavy atom. The van der Waals surface area contributed by atoms with E-state index in [1.54, 1.807) is 32.1 Å². The van der Waals surface area contributed by atoms with Crippen molar-refractivity contribution in [3.05, 3.63) is 79.9 Å². The first-order valence-electron chi connectivity index (χ1n) is 12.7. The highest BCUT2D eigenvalue weighted by Crippen LogP contribution is 2.41. The molecule has 40 heavy (non-hydrogen) atoms. The molecule has 2 aromatic rings. The molecule has 0 spiro atoms. The molecule has 9 heteroatoms. The van der Waals surface area contributed by atoms with E-state index in [4.69, 9.17) is 33.2 Å². The van der Waals surface area contributed by atoms with Crippen molar-refractivity contribution in [2.45, 2.75) is 26.1 Å². The number of carbonyl (C=O) groups is 2. The number of hydrogen-bond donors (Lipinski definition) is 0. The van der Waals surface area contributed by atoms with E-state index >= 15 is 0 Å². The molecule has 2 aromatic carbocycles. The second kappa shape index (κ2) is 16.8. The highest BCUT2D eigenvalue weighted by atomic mass is 16.6. The first kappa shape index (κ1) is 32.1. The average molecular weight is 555 g/mol. The van der Waals surface area contributed by atoms with Crippen molar-refractivity contribution < 1.29 is 42.7 Å². The van der Waals surface area contributed by atoms with E-state index in [1.165, 1.54) is 7.11 Å². The summed E-state index contributed by atoms with van der Waals surface area (Å²) in [5.74, 6) is 0.227. The molecule has 0 amide bonds. The molecule has 216 valence electrons. The van der Waals surface area contributed by atoms with Crippen molar-refractivity contribution in [1.29, 1.82) is 0 Å².